The lowest BCUT2D eigenvalue weighted by molar-refractivity contribution is -0.0951. The highest BCUT2D eigenvalue weighted by Crippen LogP contribution is 2.38. The number of nitriles is 1. The van der Waals surface area contributed by atoms with Crippen LogP contribution in [0.5, 0.6) is 0 Å². The van der Waals surface area contributed by atoms with Crippen molar-refractivity contribution in [2.45, 2.75) is 43.7 Å². The van der Waals surface area contributed by atoms with Crippen molar-refractivity contribution in [2.75, 3.05) is 18.0 Å². The van der Waals surface area contributed by atoms with Crippen molar-refractivity contribution < 1.29 is 8.78 Å². The van der Waals surface area contributed by atoms with Gasteiger partial charge in [0.15, 0.2) is 0 Å². The second-order valence-corrected chi connectivity index (χ2v) is 6.57. The third-order valence-corrected chi connectivity index (χ3v) is 4.79. The fourth-order valence-corrected chi connectivity index (χ4v) is 3.46. The van der Waals surface area contributed by atoms with Gasteiger partial charge >= 0.3 is 0 Å². The number of anilines is 1. The zero-order valence-electron chi connectivity index (χ0n) is 12.2. The molecule has 0 bridgehead atoms. The highest BCUT2D eigenvalue weighted by molar-refractivity contribution is 6.33. The van der Waals surface area contributed by atoms with E-state index in [2.05, 4.69) is 16.3 Å². The van der Waals surface area contributed by atoms with Crippen molar-refractivity contribution in [3.8, 4) is 6.07 Å². The molecule has 2 fully saturated rings. The Labute approximate surface area is 133 Å². The molecule has 2 aliphatic rings. The van der Waals surface area contributed by atoms with Crippen molar-refractivity contribution in [3.05, 3.63) is 28.8 Å². The Kier molecular flexibility index (Phi) is 4.24. The van der Waals surface area contributed by atoms with Crippen LogP contribution < -0.4 is 10.2 Å². The summed E-state index contributed by atoms with van der Waals surface area (Å²) in [6, 6.07) is 7.63. The average molecular weight is 326 g/mol. The number of hydrogen-bond donors (Lipinski definition) is 1. The van der Waals surface area contributed by atoms with Crippen molar-refractivity contribution >= 4 is 17.3 Å². The Hall–Kier alpha value is -1.38. The van der Waals surface area contributed by atoms with Gasteiger partial charge in [-0.25, -0.2) is 8.78 Å². The van der Waals surface area contributed by atoms with Crippen molar-refractivity contribution in [1.82, 2.24) is 5.32 Å². The molecule has 1 aromatic rings. The van der Waals surface area contributed by atoms with E-state index < -0.39 is 5.92 Å². The molecule has 1 aromatic carbocycles. The number of hydrogen-bond acceptors (Lipinski definition) is 3. The smallest absolute Gasteiger partial charge is 0.251 e. The van der Waals surface area contributed by atoms with Gasteiger partial charge in [0.1, 0.15) is 0 Å². The highest BCUT2D eigenvalue weighted by Gasteiger charge is 2.45. The molecule has 0 atom stereocenters. The second kappa shape index (κ2) is 6.02. The lowest BCUT2D eigenvalue weighted by atomic mass is 9.87. The van der Waals surface area contributed by atoms with Crippen LogP contribution in [-0.2, 0) is 0 Å². The van der Waals surface area contributed by atoms with Crippen LogP contribution >= 0.6 is 11.6 Å². The number of rotatable bonds is 3. The molecule has 0 spiro atoms. The maximum Gasteiger partial charge on any atom is 0.251 e. The van der Waals surface area contributed by atoms with Gasteiger partial charge in [-0.1, -0.05) is 11.6 Å². The van der Waals surface area contributed by atoms with E-state index in [1.165, 1.54) is 0 Å². The maximum atomic E-state index is 12.9. The molecule has 3 nitrogen and oxygen atoms in total. The van der Waals surface area contributed by atoms with Crippen LogP contribution in [0, 0.1) is 11.3 Å². The highest BCUT2D eigenvalue weighted by atomic mass is 35.5. The summed E-state index contributed by atoms with van der Waals surface area (Å²) in [4.78, 5) is 2.16. The molecule has 1 aliphatic heterocycles. The third-order valence-electron chi connectivity index (χ3n) is 4.47. The molecule has 1 N–H and O–H groups in total. The van der Waals surface area contributed by atoms with Crippen LogP contribution in [0.1, 0.15) is 31.2 Å². The van der Waals surface area contributed by atoms with Gasteiger partial charge in [-0.05, 0) is 31.0 Å². The Morgan fingerprint density at radius 2 is 1.91 bits per heavy atom. The van der Waals surface area contributed by atoms with Crippen molar-refractivity contribution in [2.24, 2.45) is 0 Å². The number of nitrogens with zero attached hydrogens (tertiary/aromatic N) is 2. The van der Waals surface area contributed by atoms with E-state index in [-0.39, 0.29) is 24.9 Å². The van der Waals surface area contributed by atoms with Crippen molar-refractivity contribution in [3.63, 3.8) is 0 Å². The van der Waals surface area contributed by atoms with Gasteiger partial charge < -0.3 is 10.2 Å². The SMILES string of the molecule is N#Cc1ccc(Cl)c(N2CCC(NC3CC(F)(F)C3)CC2)c1. The molecule has 3 rings (SSSR count). The molecule has 1 saturated carbocycles. The summed E-state index contributed by atoms with van der Waals surface area (Å²) in [6.07, 6.45) is 1.72. The molecule has 1 heterocycles. The topological polar surface area (TPSA) is 39.1 Å². The quantitative estimate of drug-likeness (QED) is 0.923. The van der Waals surface area contributed by atoms with E-state index in [4.69, 9.17) is 16.9 Å². The Morgan fingerprint density at radius 3 is 2.50 bits per heavy atom. The minimum Gasteiger partial charge on any atom is -0.370 e. The van der Waals surface area contributed by atoms with Gasteiger partial charge in [-0.2, -0.15) is 5.26 Å². The largest absolute Gasteiger partial charge is 0.370 e. The summed E-state index contributed by atoms with van der Waals surface area (Å²) in [5.74, 6) is -2.47. The number of piperidine rings is 1. The van der Waals surface area contributed by atoms with Crippen LogP contribution in [0.25, 0.3) is 0 Å². The molecule has 0 aromatic heterocycles. The molecule has 6 heteroatoms. The average Bonchev–Trinajstić information content (AvgIpc) is 2.47. The van der Waals surface area contributed by atoms with Gasteiger partial charge in [0.25, 0.3) is 5.92 Å². The number of alkyl halides is 2. The number of nitrogens with one attached hydrogen (secondary N) is 1. The van der Waals surface area contributed by atoms with Gasteiger partial charge in [0.05, 0.1) is 22.3 Å². The zero-order valence-corrected chi connectivity index (χ0v) is 12.9. The molecule has 22 heavy (non-hydrogen) atoms. The van der Waals surface area contributed by atoms with Crippen LogP contribution in [0.3, 0.4) is 0 Å². The zero-order chi connectivity index (χ0) is 15.7. The molecular formula is C16H18ClF2N3. The van der Waals surface area contributed by atoms with Crippen LogP contribution in [0.2, 0.25) is 5.02 Å². The van der Waals surface area contributed by atoms with Crippen LogP contribution in [0.4, 0.5) is 14.5 Å². The van der Waals surface area contributed by atoms with Gasteiger partial charge in [0, 0.05) is 38.0 Å². The maximum absolute atomic E-state index is 12.9. The van der Waals surface area contributed by atoms with Crippen molar-refractivity contribution in [1.29, 1.82) is 5.26 Å². The summed E-state index contributed by atoms with van der Waals surface area (Å²) in [5, 5.41) is 13.0. The number of benzene rings is 1. The lowest BCUT2D eigenvalue weighted by Crippen LogP contribution is -2.54. The molecule has 118 valence electrons. The first-order valence-electron chi connectivity index (χ1n) is 7.55. The van der Waals surface area contributed by atoms with E-state index in [1.54, 1.807) is 12.1 Å². The van der Waals surface area contributed by atoms with Gasteiger partial charge in [-0.15, -0.1) is 0 Å². The third kappa shape index (κ3) is 3.34. The molecule has 0 unspecified atom stereocenters. The summed E-state index contributed by atoms with van der Waals surface area (Å²) < 4.78 is 25.7. The number of halogens is 3. The van der Waals surface area contributed by atoms with Gasteiger partial charge in [0.2, 0.25) is 0 Å². The standard InChI is InChI=1S/C16H18ClF2N3/c17-14-2-1-11(10-20)7-15(14)22-5-3-12(4-6-22)21-13-8-16(18,19)9-13/h1-2,7,12-13,21H,3-6,8-9H2. The normalized spacial score (nSPS) is 22.2. The molecule has 1 saturated heterocycles. The predicted molar refractivity (Wildman–Crippen MR) is 82.5 cm³/mol. The second-order valence-electron chi connectivity index (χ2n) is 6.17. The minimum atomic E-state index is -2.47. The summed E-state index contributed by atoms with van der Waals surface area (Å²) >= 11 is 6.22. The summed E-state index contributed by atoms with van der Waals surface area (Å²) in [6.45, 7) is 1.63. The summed E-state index contributed by atoms with van der Waals surface area (Å²) in [7, 11) is 0. The lowest BCUT2D eigenvalue weighted by Gasteiger charge is -2.41. The molecular weight excluding hydrogens is 308 g/mol. The van der Waals surface area contributed by atoms with Crippen LogP contribution in [0.15, 0.2) is 18.2 Å². The minimum absolute atomic E-state index is 0.0384. The first-order chi connectivity index (χ1) is 10.5. The Balaban J connectivity index is 1.55. The van der Waals surface area contributed by atoms with E-state index in [0.717, 1.165) is 31.6 Å². The van der Waals surface area contributed by atoms with Gasteiger partial charge in [-0.3, -0.25) is 0 Å². The van der Waals surface area contributed by atoms with E-state index in [0.29, 0.717) is 10.6 Å². The van der Waals surface area contributed by atoms with E-state index in [9.17, 15) is 8.78 Å². The monoisotopic (exact) mass is 325 g/mol. The first-order valence-corrected chi connectivity index (χ1v) is 7.93. The van der Waals surface area contributed by atoms with Crippen LogP contribution in [-0.4, -0.2) is 31.1 Å². The Morgan fingerprint density at radius 1 is 1.23 bits per heavy atom. The summed E-state index contributed by atoms with van der Waals surface area (Å²) in [5.41, 5.74) is 1.48. The fourth-order valence-electron chi connectivity index (χ4n) is 3.22. The first kappa shape index (κ1) is 15.5. The van der Waals surface area contributed by atoms with E-state index in [1.807, 2.05) is 6.07 Å². The molecule has 1 aliphatic carbocycles. The predicted octanol–water partition coefficient (Wildman–Crippen LogP) is 3.57. The van der Waals surface area contributed by atoms with E-state index >= 15 is 0 Å². The fraction of sp³-hybridized carbons (Fsp3) is 0.562. The molecule has 0 amide bonds. The Bertz CT molecular complexity index is 584. The molecule has 0 radical (unpaired) electrons.